The van der Waals surface area contributed by atoms with Gasteiger partial charge in [0.1, 0.15) is 0 Å². The molecular formula is C7H15NO2. The molecule has 0 amide bonds. The Hall–Kier alpha value is -0.120. The Kier molecular flexibility index (Phi) is 2.28. The van der Waals surface area contributed by atoms with Crippen LogP contribution in [0.15, 0.2) is 0 Å². The summed E-state index contributed by atoms with van der Waals surface area (Å²) in [6.45, 7) is 5.28. The van der Waals surface area contributed by atoms with E-state index in [1.165, 1.54) is 0 Å². The average Bonchev–Trinajstić information content (AvgIpc) is 2.12. The predicted octanol–water partition coefficient (Wildman–Crippen LogP) is 0.487. The van der Waals surface area contributed by atoms with Crippen LogP contribution in [0.1, 0.15) is 20.3 Å². The summed E-state index contributed by atoms with van der Waals surface area (Å²) in [7, 11) is 0. The van der Waals surface area contributed by atoms with Crippen molar-refractivity contribution in [3.05, 3.63) is 0 Å². The SMILES string of the molecule is C[C@@H](N)CC1(C)OCCO1. The third kappa shape index (κ3) is 1.94. The van der Waals surface area contributed by atoms with Crippen LogP contribution in [-0.2, 0) is 9.47 Å². The first-order valence-electron chi connectivity index (χ1n) is 3.66. The Morgan fingerprint density at radius 3 is 2.40 bits per heavy atom. The molecule has 1 heterocycles. The van der Waals surface area contributed by atoms with Crippen LogP contribution in [0.5, 0.6) is 0 Å². The second-order valence-corrected chi connectivity index (χ2v) is 3.01. The topological polar surface area (TPSA) is 44.5 Å². The van der Waals surface area contributed by atoms with Crippen molar-refractivity contribution in [3.63, 3.8) is 0 Å². The molecule has 1 fully saturated rings. The lowest BCUT2D eigenvalue weighted by atomic mass is 10.1. The third-order valence-electron chi connectivity index (χ3n) is 1.59. The fourth-order valence-corrected chi connectivity index (χ4v) is 1.26. The van der Waals surface area contributed by atoms with Gasteiger partial charge < -0.3 is 15.2 Å². The van der Waals surface area contributed by atoms with Crippen LogP contribution in [-0.4, -0.2) is 25.0 Å². The molecule has 0 spiro atoms. The Morgan fingerprint density at radius 1 is 1.50 bits per heavy atom. The van der Waals surface area contributed by atoms with E-state index < -0.39 is 5.79 Å². The molecule has 1 saturated heterocycles. The maximum absolute atomic E-state index is 5.60. The molecule has 0 bridgehead atoms. The lowest BCUT2D eigenvalue weighted by Crippen LogP contribution is -2.33. The Morgan fingerprint density at radius 2 is 2.00 bits per heavy atom. The van der Waals surface area contributed by atoms with E-state index in [2.05, 4.69) is 0 Å². The third-order valence-corrected chi connectivity index (χ3v) is 1.59. The van der Waals surface area contributed by atoms with Crippen molar-refractivity contribution in [2.75, 3.05) is 13.2 Å². The van der Waals surface area contributed by atoms with Crippen LogP contribution < -0.4 is 5.73 Å². The fraction of sp³-hybridized carbons (Fsp3) is 1.00. The van der Waals surface area contributed by atoms with E-state index >= 15 is 0 Å². The number of hydrogen-bond acceptors (Lipinski definition) is 3. The number of ether oxygens (including phenoxy) is 2. The lowest BCUT2D eigenvalue weighted by molar-refractivity contribution is -0.148. The number of hydrogen-bond donors (Lipinski definition) is 1. The minimum absolute atomic E-state index is 0.142. The monoisotopic (exact) mass is 145 g/mol. The molecule has 0 saturated carbocycles. The van der Waals surface area contributed by atoms with Crippen LogP contribution >= 0.6 is 0 Å². The quantitative estimate of drug-likeness (QED) is 0.615. The molecule has 0 aromatic carbocycles. The van der Waals surface area contributed by atoms with Gasteiger partial charge in [-0.1, -0.05) is 0 Å². The molecule has 3 nitrogen and oxygen atoms in total. The molecule has 1 aliphatic rings. The van der Waals surface area contributed by atoms with Gasteiger partial charge in [-0.2, -0.15) is 0 Å². The predicted molar refractivity (Wildman–Crippen MR) is 38.6 cm³/mol. The molecule has 1 atom stereocenters. The Bertz CT molecular complexity index is 108. The van der Waals surface area contributed by atoms with Crippen molar-refractivity contribution in [3.8, 4) is 0 Å². The molecular weight excluding hydrogens is 130 g/mol. The van der Waals surface area contributed by atoms with Gasteiger partial charge in [0.2, 0.25) is 0 Å². The second-order valence-electron chi connectivity index (χ2n) is 3.01. The van der Waals surface area contributed by atoms with E-state index in [-0.39, 0.29) is 6.04 Å². The van der Waals surface area contributed by atoms with Crippen LogP contribution in [0.2, 0.25) is 0 Å². The van der Waals surface area contributed by atoms with Crippen LogP contribution in [0.4, 0.5) is 0 Å². The van der Waals surface area contributed by atoms with Crippen molar-refractivity contribution < 1.29 is 9.47 Å². The normalized spacial score (nSPS) is 26.7. The van der Waals surface area contributed by atoms with Gasteiger partial charge >= 0.3 is 0 Å². The van der Waals surface area contributed by atoms with E-state index in [1.54, 1.807) is 0 Å². The van der Waals surface area contributed by atoms with Gasteiger partial charge in [-0.3, -0.25) is 0 Å². The van der Waals surface area contributed by atoms with Crippen LogP contribution in [0.25, 0.3) is 0 Å². The fourth-order valence-electron chi connectivity index (χ4n) is 1.26. The summed E-state index contributed by atoms with van der Waals surface area (Å²) in [6, 6.07) is 0.142. The minimum atomic E-state index is -0.409. The summed E-state index contributed by atoms with van der Waals surface area (Å²) in [5, 5.41) is 0. The van der Waals surface area contributed by atoms with Crippen molar-refractivity contribution in [2.24, 2.45) is 5.73 Å². The second kappa shape index (κ2) is 2.86. The zero-order valence-corrected chi connectivity index (χ0v) is 6.59. The first kappa shape index (κ1) is 7.98. The molecule has 60 valence electrons. The molecule has 2 N–H and O–H groups in total. The molecule has 3 heteroatoms. The summed E-state index contributed by atoms with van der Waals surface area (Å²) in [5.74, 6) is -0.409. The molecule has 1 rings (SSSR count). The average molecular weight is 145 g/mol. The Labute approximate surface area is 61.5 Å². The van der Waals surface area contributed by atoms with Gasteiger partial charge in [-0.05, 0) is 13.8 Å². The van der Waals surface area contributed by atoms with Crippen molar-refractivity contribution >= 4 is 0 Å². The first-order chi connectivity index (χ1) is 4.62. The van der Waals surface area contributed by atoms with Gasteiger partial charge in [-0.25, -0.2) is 0 Å². The van der Waals surface area contributed by atoms with Gasteiger partial charge in [0.05, 0.1) is 13.2 Å². The highest BCUT2D eigenvalue weighted by Crippen LogP contribution is 2.23. The van der Waals surface area contributed by atoms with Gasteiger partial charge in [0.15, 0.2) is 5.79 Å². The summed E-state index contributed by atoms with van der Waals surface area (Å²) in [5.41, 5.74) is 5.60. The van der Waals surface area contributed by atoms with Crippen molar-refractivity contribution in [1.82, 2.24) is 0 Å². The first-order valence-corrected chi connectivity index (χ1v) is 3.66. The van der Waals surface area contributed by atoms with E-state index in [9.17, 15) is 0 Å². The molecule has 0 aromatic rings. The van der Waals surface area contributed by atoms with E-state index in [1.807, 2.05) is 13.8 Å². The zero-order chi connectivity index (χ0) is 7.61. The largest absolute Gasteiger partial charge is 0.348 e. The molecule has 10 heavy (non-hydrogen) atoms. The molecule has 0 aromatic heterocycles. The van der Waals surface area contributed by atoms with Crippen molar-refractivity contribution in [1.29, 1.82) is 0 Å². The number of rotatable bonds is 2. The van der Waals surface area contributed by atoms with Crippen LogP contribution in [0.3, 0.4) is 0 Å². The Balaban J connectivity index is 2.36. The van der Waals surface area contributed by atoms with E-state index in [0.29, 0.717) is 13.2 Å². The maximum atomic E-state index is 5.60. The molecule has 0 unspecified atom stereocenters. The van der Waals surface area contributed by atoms with E-state index in [0.717, 1.165) is 6.42 Å². The summed E-state index contributed by atoms with van der Waals surface area (Å²) < 4.78 is 10.7. The highest BCUT2D eigenvalue weighted by atomic mass is 16.7. The van der Waals surface area contributed by atoms with E-state index in [4.69, 9.17) is 15.2 Å². The highest BCUT2D eigenvalue weighted by Gasteiger charge is 2.31. The van der Waals surface area contributed by atoms with Crippen LogP contribution in [0, 0.1) is 0 Å². The molecule has 0 aliphatic carbocycles. The van der Waals surface area contributed by atoms with Gasteiger partial charge in [0, 0.05) is 12.5 Å². The highest BCUT2D eigenvalue weighted by molar-refractivity contribution is 4.72. The smallest absolute Gasteiger partial charge is 0.167 e. The molecule has 0 radical (unpaired) electrons. The summed E-state index contributed by atoms with van der Waals surface area (Å²) >= 11 is 0. The summed E-state index contributed by atoms with van der Waals surface area (Å²) in [6.07, 6.45) is 0.771. The zero-order valence-electron chi connectivity index (χ0n) is 6.59. The van der Waals surface area contributed by atoms with Crippen molar-refractivity contribution in [2.45, 2.75) is 32.1 Å². The lowest BCUT2D eigenvalue weighted by Gasteiger charge is -2.23. The summed E-state index contributed by atoms with van der Waals surface area (Å²) in [4.78, 5) is 0. The minimum Gasteiger partial charge on any atom is -0.348 e. The number of nitrogens with two attached hydrogens (primary N) is 1. The van der Waals surface area contributed by atoms with Gasteiger partial charge in [0.25, 0.3) is 0 Å². The van der Waals surface area contributed by atoms with Gasteiger partial charge in [-0.15, -0.1) is 0 Å². The standard InChI is InChI=1S/C7H15NO2/c1-6(8)5-7(2)9-3-4-10-7/h6H,3-5,8H2,1-2H3/t6-/m1/s1. The molecule has 1 aliphatic heterocycles. The maximum Gasteiger partial charge on any atom is 0.167 e.